The number of para-hydroxylation sites is 1. The summed E-state index contributed by atoms with van der Waals surface area (Å²) in [6.07, 6.45) is 0. The molecule has 3 N–H and O–H groups in total. The van der Waals surface area contributed by atoms with Crippen LogP contribution >= 0.6 is 0 Å². The Morgan fingerprint density at radius 3 is 2.79 bits per heavy atom. The Morgan fingerprint density at radius 1 is 1.29 bits per heavy atom. The molecule has 3 nitrogen and oxygen atoms in total. The Kier molecular flexibility index (Phi) is 2.52. The number of aliphatic hydroxyl groups excluding tert-OH is 1. The number of hydrogen-bond donors (Lipinski definition) is 2. The van der Waals surface area contributed by atoms with Crippen LogP contribution in [-0.4, -0.2) is 16.3 Å². The quantitative estimate of drug-likeness (QED) is 0.761. The van der Waals surface area contributed by atoms with E-state index in [0.29, 0.717) is 13.1 Å². The van der Waals surface area contributed by atoms with Crippen molar-refractivity contribution in [3.63, 3.8) is 0 Å². The third-order valence-corrected chi connectivity index (χ3v) is 2.43. The van der Waals surface area contributed by atoms with Crippen molar-refractivity contribution in [2.24, 2.45) is 5.73 Å². The molecule has 1 heterocycles. The fourth-order valence-corrected chi connectivity index (χ4v) is 1.80. The summed E-state index contributed by atoms with van der Waals surface area (Å²) in [7, 11) is 0. The zero-order chi connectivity index (χ0) is 9.97. The topological polar surface area (TPSA) is 51.2 Å². The van der Waals surface area contributed by atoms with Gasteiger partial charge in [-0.3, -0.25) is 0 Å². The lowest BCUT2D eigenvalue weighted by atomic mass is 10.2. The van der Waals surface area contributed by atoms with Crippen LogP contribution in [0.25, 0.3) is 10.9 Å². The third kappa shape index (κ3) is 1.41. The predicted molar refractivity (Wildman–Crippen MR) is 56.9 cm³/mol. The molecule has 0 radical (unpaired) electrons. The second kappa shape index (κ2) is 3.82. The fourth-order valence-electron chi connectivity index (χ4n) is 1.80. The van der Waals surface area contributed by atoms with Crippen molar-refractivity contribution in [3.8, 4) is 0 Å². The third-order valence-electron chi connectivity index (χ3n) is 2.43. The monoisotopic (exact) mass is 190 g/mol. The summed E-state index contributed by atoms with van der Waals surface area (Å²) < 4.78 is 2.06. The molecule has 0 atom stereocenters. The number of benzene rings is 1. The molecule has 0 spiro atoms. The lowest BCUT2D eigenvalue weighted by molar-refractivity contribution is 0.276. The predicted octanol–water partition coefficient (Wildman–Crippen LogP) is 1.09. The van der Waals surface area contributed by atoms with Crippen LogP contribution in [0.3, 0.4) is 0 Å². The van der Waals surface area contributed by atoms with Crippen LogP contribution in [0, 0.1) is 0 Å². The van der Waals surface area contributed by atoms with Crippen molar-refractivity contribution >= 4 is 10.9 Å². The molecule has 0 saturated carbocycles. The summed E-state index contributed by atoms with van der Waals surface area (Å²) >= 11 is 0. The van der Waals surface area contributed by atoms with E-state index in [9.17, 15) is 0 Å². The van der Waals surface area contributed by atoms with E-state index < -0.39 is 0 Å². The molecule has 0 saturated heterocycles. The van der Waals surface area contributed by atoms with Gasteiger partial charge in [0.1, 0.15) is 0 Å². The zero-order valence-corrected chi connectivity index (χ0v) is 7.98. The molecule has 0 aliphatic heterocycles. The van der Waals surface area contributed by atoms with Crippen LogP contribution in [0.5, 0.6) is 0 Å². The highest BCUT2D eigenvalue weighted by Crippen LogP contribution is 2.19. The summed E-state index contributed by atoms with van der Waals surface area (Å²) in [4.78, 5) is 0. The highest BCUT2D eigenvalue weighted by molar-refractivity contribution is 5.81. The van der Waals surface area contributed by atoms with Gasteiger partial charge in [0.2, 0.25) is 0 Å². The Balaban J connectivity index is 2.61. The number of nitrogens with zero attached hydrogens (tertiary/aromatic N) is 1. The van der Waals surface area contributed by atoms with Crippen LogP contribution < -0.4 is 5.73 Å². The van der Waals surface area contributed by atoms with Gasteiger partial charge in [-0.1, -0.05) is 18.2 Å². The molecule has 2 rings (SSSR count). The van der Waals surface area contributed by atoms with Crippen molar-refractivity contribution in [1.29, 1.82) is 0 Å². The zero-order valence-electron chi connectivity index (χ0n) is 7.98. The smallest absolute Gasteiger partial charge is 0.0610 e. The van der Waals surface area contributed by atoms with Gasteiger partial charge in [0.15, 0.2) is 0 Å². The van der Waals surface area contributed by atoms with Crippen LogP contribution in [0.2, 0.25) is 0 Å². The highest BCUT2D eigenvalue weighted by Gasteiger charge is 2.05. The normalized spacial score (nSPS) is 11.0. The van der Waals surface area contributed by atoms with Crippen molar-refractivity contribution in [2.45, 2.75) is 13.1 Å². The van der Waals surface area contributed by atoms with Crippen molar-refractivity contribution in [2.75, 3.05) is 6.61 Å². The fraction of sp³-hybridized carbons (Fsp3) is 0.273. The largest absolute Gasteiger partial charge is 0.395 e. The maximum atomic E-state index is 8.96. The van der Waals surface area contributed by atoms with E-state index in [-0.39, 0.29) is 6.61 Å². The molecule has 0 unspecified atom stereocenters. The first kappa shape index (κ1) is 9.24. The van der Waals surface area contributed by atoms with Gasteiger partial charge in [0.25, 0.3) is 0 Å². The van der Waals surface area contributed by atoms with Gasteiger partial charge in [-0.25, -0.2) is 0 Å². The Labute approximate surface area is 82.8 Å². The average Bonchev–Trinajstić information content (AvgIpc) is 2.58. The Hall–Kier alpha value is -1.32. The molecule has 0 amide bonds. The number of rotatable bonds is 3. The van der Waals surface area contributed by atoms with E-state index >= 15 is 0 Å². The first-order chi connectivity index (χ1) is 6.86. The molecule has 0 fully saturated rings. The number of aromatic nitrogens is 1. The van der Waals surface area contributed by atoms with E-state index in [2.05, 4.69) is 16.7 Å². The van der Waals surface area contributed by atoms with Gasteiger partial charge < -0.3 is 15.4 Å². The summed E-state index contributed by atoms with van der Waals surface area (Å²) in [6, 6.07) is 10.2. The summed E-state index contributed by atoms with van der Waals surface area (Å²) in [5, 5.41) is 10.1. The molecule has 74 valence electrons. The van der Waals surface area contributed by atoms with Crippen LogP contribution in [0.1, 0.15) is 5.69 Å². The maximum Gasteiger partial charge on any atom is 0.0610 e. The lowest BCUT2D eigenvalue weighted by Gasteiger charge is -2.06. The van der Waals surface area contributed by atoms with Gasteiger partial charge in [0.05, 0.1) is 6.61 Å². The second-order valence-electron chi connectivity index (χ2n) is 3.27. The molecule has 1 aromatic heterocycles. The first-order valence-electron chi connectivity index (χ1n) is 4.75. The van der Waals surface area contributed by atoms with Crippen molar-refractivity contribution < 1.29 is 5.11 Å². The lowest BCUT2D eigenvalue weighted by Crippen LogP contribution is -2.09. The van der Waals surface area contributed by atoms with Crippen LogP contribution in [0.15, 0.2) is 30.3 Å². The van der Waals surface area contributed by atoms with E-state index in [1.54, 1.807) is 0 Å². The minimum atomic E-state index is 0.145. The number of aliphatic hydroxyl groups is 1. The summed E-state index contributed by atoms with van der Waals surface area (Å²) in [5.74, 6) is 0. The van der Waals surface area contributed by atoms with Crippen molar-refractivity contribution in [1.82, 2.24) is 4.57 Å². The highest BCUT2D eigenvalue weighted by atomic mass is 16.3. The SMILES string of the molecule is NCc1cc2ccccc2n1CCO. The first-order valence-corrected chi connectivity index (χ1v) is 4.75. The van der Waals surface area contributed by atoms with E-state index in [4.69, 9.17) is 10.8 Å². The molecule has 3 heteroatoms. The van der Waals surface area contributed by atoms with Crippen molar-refractivity contribution in [3.05, 3.63) is 36.0 Å². The number of nitrogens with two attached hydrogens (primary N) is 1. The maximum absolute atomic E-state index is 8.96. The summed E-state index contributed by atoms with van der Waals surface area (Å²) in [5.41, 5.74) is 7.85. The van der Waals surface area contributed by atoms with Gasteiger partial charge in [0, 0.05) is 24.3 Å². The average molecular weight is 190 g/mol. The van der Waals surface area contributed by atoms with Gasteiger partial charge >= 0.3 is 0 Å². The van der Waals surface area contributed by atoms with Crippen LogP contribution in [0.4, 0.5) is 0 Å². The van der Waals surface area contributed by atoms with Gasteiger partial charge in [-0.15, -0.1) is 0 Å². The molecular weight excluding hydrogens is 176 g/mol. The molecule has 0 aliphatic carbocycles. The molecular formula is C11H14N2O. The number of hydrogen-bond acceptors (Lipinski definition) is 2. The minimum absolute atomic E-state index is 0.145. The second-order valence-corrected chi connectivity index (χ2v) is 3.27. The standard InChI is InChI=1S/C11H14N2O/c12-8-10-7-9-3-1-2-4-11(9)13(10)5-6-14/h1-4,7,14H,5-6,8,12H2. The Morgan fingerprint density at radius 2 is 2.07 bits per heavy atom. The van der Waals surface area contributed by atoms with E-state index in [0.717, 1.165) is 11.2 Å². The molecule has 1 aromatic carbocycles. The molecule has 2 aromatic rings. The van der Waals surface area contributed by atoms with E-state index in [1.807, 2.05) is 18.2 Å². The van der Waals surface area contributed by atoms with Gasteiger partial charge in [-0.2, -0.15) is 0 Å². The van der Waals surface area contributed by atoms with Gasteiger partial charge in [-0.05, 0) is 17.5 Å². The summed E-state index contributed by atoms with van der Waals surface area (Å²) in [6.45, 7) is 1.26. The van der Waals surface area contributed by atoms with E-state index in [1.165, 1.54) is 5.39 Å². The molecule has 0 aliphatic rings. The molecule has 0 bridgehead atoms. The number of fused-ring (bicyclic) bond motifs is 1. The Bertz CT molecular complexity index is 434. The molecule has 14 heavy (non-hydrogen) atoms. The minimum Gasteiger partial charge on any atom is -0.395 e. The van der Waals surface area contributed by atoms with Crippen LogP contribution in [-0.2, 0) is 13.1 Å².